The van der Waals surface area contributed by atoms with Crippen LogP contribution in [0.25, 0.3) is 0 Å². The van der Waals surface area contributed by atoms with Gasteiger partial charge < -0.3 is 0 Å². The van der Waals surface area contributed by atoms with E-state index in [4.69, 9.17) is 0 Å². The van der Waals surface area contributed by atoms with E-state index in [-0.39, 0.29) is 5.69 Å². The summed E-state index contributed by atoms with van der Waals surface area (Å²) in [4.78, 5) is 0. The molecule has 6 heteroatoms. The summed E-state index contributed by atoms with van der Waals surface area (Å²) in [5.74, 6) is -0.493. The number of hydrogen-bond acceptors (Lipinski definition) is 2. The van der Waals surface area contributed by atoms with Crippen LogP contribution < -0.4 is 4.72 Å². The molecular weight excluding hydrogens is 297 g/mol. The van der Waals surface area contributed by atoms with Gasteiger partial charge in [-0.05, 0) is 54.4 Å². The summed E-state index contributed by atoms with van der Waals surface area (Å²) in [6.45, 7) is 4.84. The molecule has 0 saturated carbocycles. The van der Waals surface area contributed by atoms with E-state index in [2.05, 4.69) is 20.7 Å². The normalized spacial score (nSPS) is 11.9. The highest BCUT2D eigenvalue weighted by Gasteiger charge is 2.17. The van der Waals surface area contributed by atoms with Crippen LogP contribution in [0.5, 0.6) is 0 Å². The van der Waals surface area contributed by atoms with Crippen LogP contribution in [0.3, 0.4) is 0 Å². The molecule has 0 saturated heterocycles. The van der Waals surface area contributed by atoms with Gasteiger partial charge in [0.2, 0.25) is 10.0 Å². The lowest BCUT2D eigenvalue weighted by molar-refractivity contribution is 0.592. The van der Waals surface area contributed by atoms with Gasteiger partial charge in [0.05, 0.1) is 15.4 Å². The molecule has 0 aromatic heterocycles. The minimum absolute atomic E-state index is 0.273. The Balaban J connectivity index is 3.13. The third-order valence-electron chi connectivity index (χ3n) is 2.14. The predicted molar refractivity (Wildman–Crippen MR) is 66.5 cm³/mol. The van der Waals surface area contributed by atoms with Gasteiger partial charge >= 0.3 is 0 Å². The quantitative estimate of drug-likeness (QED) is 0.932. The third-order valence-corrected chi connectivity index (χ3v) is 4.49. The van der Waals surface area contributed by atoms with E-state index in [0.717, 1.165) is 0 Å². The van der Waals surface area contributed by atoms with Crippen LogP contribution in [0.4, 0.5) is 10.1 Å². The van der Waals surface area contributed by atoms with Crippen LogP contribution >= 0.6 is 15.9 Å². The van der Waals surface area contributed by atoms with E-state index in [1.807, 2.05) is 0 Å². The molecule has 0 atom stereocenters. The van der Waals surface area contributed by atoms with E-state index >= 15 is 0 Å². The molecule has 16 heavy (non-hydrogen) atoms. The molecule has 0 heterocycles. The van der Waals surface area contributed by atoms with E-state index < -0.39 is 21.1 Å². The van der Waals surface area contributed by atoms with Gasteiger partial charge in [0.1, 0.15) is 5.82 Å². The summed E-state index contributed by atoms with van der Waals surface area (Å²) in [7, 11) is -3.44. The molecule has 1 aromatic rings. The van der Waals surface area contributed by atoms with E-state index in [1.54, 1.807) is 20.8 Å². The SMILES string of the molecule is Cc1cc(Br)c(F)cc1NS(=O)(=O)C(C)C. The Labute approximate surface area is 103 Å². The number of sulfonamides is 1. The van der Waals surface area contributed by atoms with Crippen LogP contribution in [-0.2, 0) is 10.0 Å². The molecule has 0 fully saturated rings. The number of hydrogen-bond donors (Lipinski definition) is 1. The summed E-state index contributed by atoms with van der Waals surface area (Å²) in [6.07, 6.45) is 0. The topological polar surface area (TPSA) is 46.2 Å². The lowest BCUT2D eigenvalue weighted by atomic mass is 10.2. The Hall–Kier alpha value is -0.620. The summed E-state index contributed by atoms with van der Waals surface area (Å²) < 4.78 is 39.1. The van der Waals surface area contributed by atoms with Crippen molar-refractivity contribution < 1.29 is 12.8 Å². The van der Waals surface area contributed by atoms with Crippen LogP contribution in [0.2, 0.25) is 0 Å². The number of aryl methyl sites for hydroxylation is 1. The first-order valence-corrected chi connectivity index (χ1v) is 7.05. The zero-order chi connectivity index (χ0) is 12.5. The van der Waals surface area contributed by atoms with Crippen LogP contribution in [-0.4, -0.2) is 13.7 Å². The first-order valence-electron chi connectivity index (χ1n) is 4.71. The Bertz CT molecular complexity index is 500. The molecule has 1 rings (SSSR count). The lowest BCUT2D eigenvalue weighted by Crippen LogP contribution is -2.23. The van der Waals surface area contributed by atoms with E-state index in [1.165, 1.54) is 12.1 Å². The highest BCUT2D eigenvalue weighted by atomic mass is 79.9. The Morgan fingerprint density at radius 3 is 2.44 bits per heavy atom. The first kappa shape index (κ1) is 13.4. The molecule has 3 nitrogen and oxygen atoms in total. The van der Waals surface area contributed by atoms with Crippen molar-refractivity contribution in [1.82, 2.24) is 0 Å². The first-order chi connectivity index (χ1) is 7.24. The second-order valence-corrected chi connectivity index (χ2v) is 6.87. The van der Waals surface area contributed by atoms with Crippen molar-refractivity contribution in [3.8, 4) is 0 Å². The standard InChI is InChI=1S/C10H13BrFNO2S/c1-6(2)16(14,15)13-10-5-9(12)8(11)4-7(10)3/h4-6,13H,1-3H3. The Kier molecular flexibility index (Phi) is 3.96. The molecule has 1 N–H and O–H groups in total. The Morgan fingerprint density at radius 1 is 1.38 bits per heavy atom. The second kappa shape index (κ2) is 4.71. The average Bonchev–Trinajstić information content (AvgIpc) is 2.13. The summed E-state index contributed by atoms with van der Waals surface area (Å²) in [5, 5.41) is -0.557. The predicted octanol–water partition coefficient (Wildman–Crippen LogP) is 3.05. The van der Waals surface area contributed by atoms with Gasteiger partial charge in [0, 0.05) is 0 Å². The fraction of sp³-hybridized carbons (Fsp3) is 0.400. The van der Waals surface area contributed by atoms with E-state index in [9.17, 15) is 12.8 Å². The monoisotopic (exact) mass is 309 g/mol. The molecular formula is C10H13BrFNO2S. The second-order valence-electron chi connectivity index (χ2n) is 3.78. The van der Waals surface area contributed by atoms with Gasteiger partial charge in [-0.15, -0.1) is 0 Å². The molecule has 0 unspecified atom stereocenters. The highest BCUT2D eigenvalue weighted by Crippen LogP contribution is 2.25. The smallest absolute Gasteiger partial charge is 0.235 e. The summed E-state index contributed by atoms with van der Waals surface area (Å²) in [5.41, 5.74) is 0.937. The molecule has 0 amide bonds. The summed E-state index contributed by atoms with van der Waals surface area (Å²) >= 11 is 3.04. The minimum atomic E-state index is -3.44. The molecule has 0 aliphatic heterocycles. The zero-order valence-electron chi connectivity index (χ0n) is 9.21. The Morgan fingerprint density at radius 2 is 1.94 bits per heavy atom. The number of benzene rings is 1. The van der Waals surface area contributed by atoms with Gasteiger partial charge in [0.15, 0.2) is 0 Å². The summed E-state index contributed by atoms with van der Waals surface area (Å²) in [6, 6.07) is 2.70. The van der Waals surface area contributed by atoms with Crippen molar-refractivity contribution in [2.45, 2.75) is 26.0 Å². The number of halogens is 2. The average molecular weight is 310 g/mol. The van der Waals surface area contributed by atoms with Gasteiger partial charge in [0.25, 0.3) is 0 Å². The highest BCUT2D eigenvalue weighted by molar-refractivity contribution is 9.10. The molecule has 90 valence electrons. The fourth-order valence-electron chi connectivity index (χ4n) is 1.03. The van der Waals surface area contributed by atoms with Crippen molar-refractivity contribution in [2.24, 2.45) is 0 Å². The number of anilines is 1. The van der Waals surface area contributed by atoms with Gasteiger partial charge in [-0.1, -0.05) is 0 Å². The zero-order valence-corrected chi connectivity index (χ0v) is 11.6. The van der Waals surface area contributed by atoms with Gasteiger partial charge in [-0.25, -0.2) is 12.8 Å². The number of nitrogens with one attached hydrogen (secondary N) is 1. The van der Waals surface area contributed by atoms with Crippen molar-refractivity contribution >= 4 is 31.6 Å². The third kappa shape index (κ3) is 2.95. The molecule has 0 spiro atoms. The maximum atomic E-state index is 13.3. The largest absolute Gasteiger partial charge is 0.283 e. The van der Waals surface area contributed by atoms with Crippen LogP contribution in [0.1, 0.15) is 19.4 Å². The van der Waals surface area contributed by atoms with Crippen LogP contribution in [0, 0.1) is 12.7 Å². The van der Waals surface area contributed by atoms with E-state index in [0.29, 0.717) is 10.0 Å². The molecule has 0 aliphatic carbocycles. The maximum Gasteiger partial charge on any atom is 0.235 e. The fourth-order valence-corrected chi connectivity index (χ4v) is 2.25. The van der Waals surface area contributed by atoms with Crippen molar-refractivity contribution in [1.29, 1.82) is 0 Å². The molecule has 1 aromatic carbocycles. The van der Waals surface area contributed by atoms with Crippen molar-refractivity contribution in [2.75, 3.05) is 4.72 Å². The number of rotatable bonds is 3. The van der Waals surface area contributed by atoms with Crippen molar-refractivity contribution in [3.63, 3.8) is 0 Å². The van der Waals surface area contributed by atoms with Crippen LogP contribution in [0.15, 0.2) is 16.6 Å². The minimum Gasteiger partial charge on any atom is -0.283 e. The lowest BCUT2D eigenvalue weighted by Gasteiger charge is -2.13. The molecule has 0 radical (unpaired) electrons. The van der Waals surface area contributed by atoms with Crippen molar-refractivity contribution in [3.05, 3.63) is 28.0 Å². The van der Waals surface area contributed by atoms with Gasteiger partial charge in [-0.2, -0.15) is 0 Å². The molecule has 0 aliphatic rings. The molecule has 0 bridgehead atoms. The van der Waals surface area contributed by atoms with Gasteiger partial charge in [-0.3, -0.25) is 4.72 Å². The maximum absolute atomic E-state index is 13.3.